The van der Waals surface area contributed by atoms with Crippen LogP contribution in [0.25, 0.3) is 10.9 Å². The molecular weight excluding hydrogens is 344 g/mol. The van der Waals surface area contributed by atoms with Crippen molar-refractivity contribution in [2.75, 3.05) is 6.54 Å². The number of carbonyl (C=O) groups excluding carboxylic acids is 3. The molecule has 0 saturated carbocycles. The minimum absolute atomic E-state index is 0.0997. The van der Waals surface area contributed by atoms with Crippen molar-refractivity contribution >= 4 is 28.6 Å². The molecular formula is C20H28N4O3. The van der Waals surface area contributed by atoms with Crippen LogP contribution in [-0.2, 0) is 20.8 Å². The first kappa shape index (κ1) is 20.5. The lowest BCUT2D eigenvalue weighted by molar-refractivity contribution is -0.128. The number of carbonyl (C=O) groups is 3. The molecule has 0 aliphatic heterocycles. The first-order chi connectivity index (χ1) is 12.9. The van der Waals surface area contributed by atoms with Crippen molar-refractivity contribution < 1.29 is 14.4 Å². The van der Waals surface area contributed by atoms with Gasteiger partial charge in [0.2, 0.25) is 17.7 Å². The predicted octanol–water partition coefficient (Wildman–Crippen LogP) is 1.64. The highest BCUT2D eigenvalue weighted by Gasteiger charge is 2.21. The Kier molecular flexibility index (Phi) is 7.40. The molecule has 0 aliphatic rings. The Labute approximate surface area is 159 Å². The minimum Gasteiger partial charge on any atom is -0.361 e. The van der Waals surface area contributed by atoms with E-state index >= 15 is 0 Å². The first-order valence-corrected chi connectivity index (χ1v) is 9.29. The minimum atomic E-state index is -0.695. The molecule has 3 amide bonds. The highest BCUT2D eigenvalue weighted by atomic mass is 16.2. The largest absolute Gasteiger partial charge is 0.361 e. The molecule has 0 saturated heterocycles. The maximum absolute atomic E-state index is 12.5. The van der Waals surface area contributed by atoms with Gasteiger partial charge in [0.15, 0.2) is 0 Å². The van der Waals surface area contributed by atoms with Crippen LogP contribution in [0.5, 0.6) is 0 Å². The van der Waals surface area contributed by atoms with Crippen LogP contribution in [0.15, 0.2) is 30.5 Å². The van der Waals surface area contributed by atoms with Crippen molar-refractivity contribution in [3.8, 4) is 0 Å². The number of nitrogens with one attached hydrogen (secondary N) is 4. The Morgan fingerprint density at radius 2 is 1.89 bits per heavy atom. The second-order valence-corrected chi connectivity index (χ2v) is 6.73. The van der Waals surface area contributed by atoms with Gasteiger partial charge in [-0.05, 0) is 25.0 Å². The fraction of sp³-hybridized carbons (Fsp3) is 0.450. The Morgan fingerprint density at radius 1 is 1.15 bits per heavy atom. The third-order valence-electron chi connectivity index (χ3n) is 4.46. The van der Waals surface area contributed by atoms with E-state index in [1.165, 1.54) is 6.92 Å². The van der Waals surface area contributed by atoms with Gasteiger partial charge < -0.3 is 20.9 Å². The Hall–Kier alpha value is -2.83. The van der Waals surface area contributed by atoms with Crippen molar-refractivity contribution in [2.24, 2.45) is 0 Å². The molecule has 27 heavy (non-hydrogen) atoms. The summed E-state index contributed by atoms with van der Waals surface area (Å²) in [6.07, 6.45) is 3.28. The topological polar surface area (TPSA) is 103 Å². The van der Waals surface area contributed by atoms with E-state index in [9.17, 15) is 14.4 Å². The zero-order valence-corrected chi connectivity index (χ0v) is 16.1. The molecule has 4 N–H and O–H groups in total. The fourth-order valence-corrected chi connectivity index (χ4v) is 2.85. The number of H-pyrrole nitrogens is 1. The van der Waals surface area contributed by atoms with Crippen LogP contribution in [-0.4, -0.2) is 41.3 Å². The zero-order chi connectivity index (χ0) is 19.8. The van der Waals surface area contributed by atoms with Crippen molar-refractivity contribution in [3.05, 3.63) is 36.0 Å². The SMILES string of the molecule is CCC(C)NC(=O)CCNC(=O)C(Cc1c[nH]c2ccccc12)NC(C)=O. The van der Waals surface area contributed by atoms with Crippen LogP contribution in [0.3, 0.4) is 0 Å². The van der Waals surface area contributed by atoms with E-state index < -0.39 is 6.04 Å². The van der Waals surface area contributed by atoms with Crippen molar-refractivity contribution in [3.63, 3.8) is 0 Å². The van der Waals surface area contributed by atoms with Crippen molar-refractivity contribution in [2.45, 2.75) is 52.1 Å². The van der Waals surface area contributed by atoms with E-state index in [0.717, 1.165) is 22.9 Å². The standard InChI is InChI=1S/C20H28N4O3/c1-4-13(2)23-19(26)9-10-21-20(27)18(24-14(3)25)11-15-12-22-17-8-6-5-7-16(15)17/h5-8,12-13,18,22H,4,9-11H2,1-3H3,(H,21,27)(H,23,26)(H,24,25). The number of amides is 3. The van der Waals surface area contributed by atoms with E-state index in [2.05, 4.69) is 20.9 Å². The van der Waals surface area contributed by atoms with Crippen molar-refractivity contribution in [1.29, 1.82) is 0 Å². The van der Waals surface area contributed by atoms with E-state index in [4.69, 9.17) is 0 Å². The Bertz CT molecular complexity index is 799. The van der Waals surface area contributed by atoms with E-state index in [1.54, 1.807) is 0 Å². The Balaban J connectivity index is 1.95. The molecule has 7 heteroatoms. The summed E-state index contributed by atoms with van der Waals surface area (Å²) in [5.74, 6) is -0.673. The van der Waals surface area contributed by atoms with Gasteiger partial charge in [0.1, 0.15) is 6.04 Å². The van der Waals surface area contributed by atoms with E-state index in [1.807, 2.05) is 44.3 Å². The quantitative estimate of drug-likeness (QED) is 0.538. The van der Waals surface area contributed by atoms with E-state index in [-0.39, 0.29) is 36.7 Å². The van der Waals surface area contributed by atoms with Crippen LogP contribution in [0.4, 0.5) is 0 Å². The van der Waals surface area contributed by atoms with Gasteiger partial charge in [-0.1, -0.05) is 25.1 Å². The number of para-hydroxylation sites is 1. The number of benzene rings is 1. The summed E-state index contributed by atoms with van der Waals surface area (Å²) in [7, 11) is 0. The number of aromatic amines is 1. The Morgan fingerprint density at radius 3 is 2.59 bits per heavy atom. The van der Waals surface area contributed by atoms with Crippen molar-refractivity contribution in [1.82, 2.24) is 20.9 Å². The van der Waals surface area contributed by atoms with E-state index in [0.29, 0.717) is 6.42 Å². The van der Waals surface area contributed by atoms with Crippen LogP contribution in [0.1, 0.15) is 39.2 Å². The highest BCUT2D eigenvalue weighted by Crippen LogP contribution is 2.19. The summed E-state index contributed by atoms with van der Waals surface area (Å²) in [4.78, 5) is 39.0. The predicted molar refractivity (Wildman–Crippen MR) is 105 cm³/mol. The normalized spacial score (nSPS) is 13.0. The molecule has 7 nitrogen and oxygen atoms in total. The molecule has 2 atom stereocenters. The first-order valence-electron chi connectivity index (χ1n) is 9.29. The number of aromatic nitrogens is 1. The van der Waals surface area contributed by atoms with Crippen LogP contribution < -0.4 is 16.0 Å². The van der Waals surface area contributed by atoms with Crippen LogP contribution in [0.2, 0.25) is 0 Å². The third-order valence-corrected chi connectivity index (χ3v) is 4.46. The molecule has 1 aromatic carbocycles. The highest BCUT2D eigenvalue weighted by molar-refractivity contribution is 5.89. The lowest BCUT2D eigenvalue weighted by Gasteiger charge is -2.18. The summed E-state index contributed by atoms with van der Waals surface area (Å²) in [5, 5.41) is 9.32. The van der Waals surface area contributed by atoms with Crippen LogP contribution in [0, 0.1) is 0 Å². The molecule has 146 valence electrons. The average molecular weight is 372 g/mol. The summed E-state index contributed by atoms with van der Waals surface area (Å²) < 4.78 is 0. The molecule has 0 fully saturated rings. The van der Waals surface area contributed by atoms with Crippen LogP contribution >= 0.6 is 0 Å². The molecule has 2 aromatic rings. The lowest BCUT2D eigenvalue weighted by atomic mass is 10.0. The number of fused-ring (bicyclic) bond motifs is 1. The number of hydrogen-bond donors (Lipinski definition) is 4. The molecule has 0 aliphatic carbocycles. The molecule has 2 unspecified atom stereocenters. The molecule has 2 rings (SSSR count). The van der Waals surface area contributed by atoms with Gasteiger partial charge in [0.25, 0.3) is 0 Å². The van der Waals surface area contributed by atoms with Gasteiger partial charge in [-0.15, -0.1) is 0 Å². The van der Waals surface area contributed by atoms with Gasteiger partial charge >= 0.3 is 0 Å². The molecule has 0 spiro atoms. The number of rotatable bonds is 9. The number of hydrogen-bond acceptors (Lipinski definition) is 3. The lowest BCUT2D eigenvalue weighted by Crippen LogP contribution is -2.48. The molecule has 1 heterocycles. The third kappa shape index (κ3) is 6.13. The second kappa shape index (κ2) is 9.75. The smallest absolute Gasteiger partial charge is 0.242 e. The maximum Gasteiger partial charge on any atom is 0.242 e. The summed E-state index contributed by atoms with van der Waals surface area (Å²) in [6.45, 7) is 5.54. The second-order valence-electron chi connectivity index (χ2n) is 6.73. The van der Waals surface area contributed by atoms with Gasteiger partial charge in [0.05, 0.1) is 0 Å². The zero-order valence-electron chi connectivity index (χ0n) is 16.1. The molecule has 1 aromatic heterocycles. The van der Waals surface area contributed by atoms with Gasteiger partial charge in [0, 0.05) is 49.5 Å². The fourth-order valence-electron chi connectivity index (χ4n) is 2.85. The summed E-state index contributed by atoms with van der Waals surface area (Å²) in [6, 6.07) is 7.22. The average Bonchev–Trinajstić information content (AvgIpc) is 3.03. The van der Waals surface area contributed by atoms with Gasteiger partial charge in [-0.3, -0.25) is 14.4 Å². The molecule has 0 radical (unpaired) electrons. The monoisotopic (exact) mass is 372 g/mol. The van der Waals surface area contributed by atoms with Gasteiger partial charge in [-0.25, -0.2) is 0 Å². The molecule has 0 bridgehead atoms. The summed E-state index contributed by atoms with van der Waals surface area (Å²) in [5.41, 5.74) is 1.94. The maximum atomic E-state index is 12.5. The summed E-state index contributed by atoms with van der Waals surface area (Å²) >= 11 is 0. The van der Waals surface area contributed by atoms with Gasteiger partial charge in [-0.2, -0.15) is 0 Å².